The maximum atomic E-state index is 11.5. The number of carbonyl (C=O) groups is 1. The average molecular weight is 227 g/mol. The van der Waals surface area contributed by atoms with Crippen LogP contribution in [0.25, 0.3) is 0 Å². The van der Waals surface area contributed by atoms with Crippen LogP contribution in [0.5, 0.6) is 0 Å². The Kier molecular flexibility index (Phi) is 2.55. The number of aliphatic hydroxyl groups is 1. The molecule has 0 bridgehead atoms. The molecule has 4 heteroatoms. The fourth-order valence-corrected chi connectivity index (χ4v) is 3.58. The van der Waals surface area contributed by atoms with Crippen LogP contribution in [-0.4, -0.2) is 34.9 Å². The van der Waals surface area contributed by atoms with Crippen LogP contribution in [0.3, 0.4) is 0 Å². The topological polar surface area (TPSA) is 69.6 Å². The largest absolute Gasteiger partial charge is 0.481 e. The molecule has 2 rings (SSSR count). The smallest absolute Gasteiger partial charge is 0.312 e. The van der Waals surface area contributed by atoms with Crippen molar-refractivity contribution in [3.63, 3.8) is 0 Å². The summed E-state index contributed by atoms with van der Waals surface area (Å²) in [5.74, 6) is -0.823. The van der Waals surface area contributed by atoms with Gasteiger partial charge in [0.2, 0.25) is 0 Å². The number of nitrogens with one attached hydrogen (secondary N) is 1. The highest BCUT2D eigenvalue weighted by molar-refractivity contribution is 5.78. The first-order valence-electron chi connectivity index (χ1n) is 5.98. The van der Waals surface area contributed by atoms with Gasteiger partial charge in [0.15, 0.2) is 0 Å². The molecule has 0 unspecified atom stereocenters. The third-order valence-electron chi connectivity index (χ3n) is 4.29. The molecule has 0 aromatic carbocycles. The lowest BCUT2D eigenvalue weighted by molar-refractivity contribution is -0.211. The average Bonchev–Trinajstić information content (AvgIpc) is 2.14. The Labute approximate surface area is 96.0 Å². The lowest BCUT2D eigenvalue weighted by Crippen LogP contribution is -2.65. The van der Waals surface area contributed by atoms with Gasteiger partial charge < -0.3 is 15.5 Å². The number of carboxylic acid groups (broad SMARTS) is 1. The Morgan fingerprint density at radius 3 is 2.06 bits per heavy atom. The molecule has 92 valence electrons. The number of carboxylic acids is 1. The number of aliphatic carboxylic acids is 1. The molecule has 0 amide bonds. The molecule has 1 aliphatic carbocycles. The minimum atomic E-state index is -1.01. The van der Waals surface area contributed by atoms with Gasteiger partial charge in [0.05, 0.1) is 11.0 Å². The first-order valence-corrected chi connectivity index (χ1v) is 5.98. The summed E-state index contributed by atoms with van der Waals surface area (Å²) in [6.07, 6.45) is 2.28. The number of hydrogen-bond acceptors (Lipinski definition) is 3. The van der Waals surface area contributed by atoms with Crippen molar-refractivity contribution in [1.82, 2.24) is 5.32 Å². The summed E-state index contributed by atoms with van der Waals surface area (Å²) in [5.41, 5.74) is -1.86. The van der Waals surface area contributed by atoms with Gasteiger partial charge in [0.25, 0.3) is 0 Å². The van der Waals surface area contributed by atoms with Crippen molar-refractivity contribution in [1.29, 1.82) is 0 Å². The molecular weight excluding hydrogens is 206 g/mol. The van der Waals surface area contributed by atoms with Crippen LogP contribution in [0.2, 0.25) is 0 Å². The van der Waals surface area contributed by atoms with E-state index in [1.54, 1.807) is 0 Å². The fourth-order valence-electron chi connectivity index (χ4n) is 3.58. The minimum Gasteiger partial charge on any atom is -0.481 e. The van der Waals surface area contributed by atoms with E-state index in [9.17, 15) is 15.0 Å². The first-order chi connectivity index (χ1) is 7.31. The molecule has 1 saturated heterocycles. The lowest BCUT2D eigenvalue weighted by atomic mass is 9.47. The summed E-state index contributed by atoms with van der Waals surface area (Å²) in [7, 11) is 0. The van der Waals surface area contributed by atoms with Crippen molar-refractivity contribution in [3.8, 4) is 0 Å². The Bertz CT molecular complexity index is 297. The summed E-state index contributed by atoms with van der Waals surface area (Å²) in [6.45, 7) is 5.56. The highest BCUT2D eigenvalue weighted by atomic mass is 16.4. The van der Waals surface area contributed by atoms with Gasteiger partial charge in [0.1, 0.15) is 0 Å². The molecule has 4 nitrogen and oxygen atoms in total. The van der Waals surface area contributed by atoms with E-state index in [0.29, 0.717) is 38.8 Å². The standard InChI is InChI=1S/C12H21NO3/c1-10(2)7-11(8-10,9(14)15)12(16)3-5-13-6-4-12/h13,16H,3-8H2,1-2H3,(H,14,15). The predicted molar refractivity (Wildman–Crippen MR) is 60.1 cm³/mol. The van der Waals surface area contributed by atoms with Crippen molar-refractivity contribution in [3.05, 3.63) is 0 Å². The van der Waals surface area contributed by atoms with Crippen molar-refractivity contribution in [2.24, 2.45) is 10.8 Å². The Hall–Kier alpha value is -0.610. The molecule has 0 aromatic heterocycles. The Balaban J connectivity index is 2.24. The van der Waals surface area contributed by atoms with E-state index in [2.05, 4.69) is 19.2 Å². The predicted octanol–water partition coefficient (Wildman–Crippen LogP) is 0.992. The molecule has 0 radical (unpaired) electrons. The van der Waals surface area contributed by atoms with E-state index in [-0.39, 0.29) is 5.41 Å². The van der Waals surface area contributed by atoms with Crippen LogP contribution in [0, 0.1) is 10.8 Å². The van der Waals surface area contributed by atoms with Crippen molar-refractivity contribution < 1.29 is 15.0 Å². The molecule has 1 saturated carbocycles. The van der Waals surface area contributed by atoms with E-state index in [1.807, 2.05) is 0 Å². The van der Waals surface area contributed by atoms with Gasteiger partial charge >= 0.3 is 5.97 Å². The third-order valence-corrected chi connectivity index (χ3v) is 4.29. The van der Waals surface area contributed by atoms with Crippen LogP contribution < -0.4 is 5.32 Å². The van der Waals surface area contributed by atoms with E-state index in [4.69, 9.17) is 0 Å². The molecule has 1 heterocycles. The Morgan fingerprint density at radius 1 is 1.19 bits per heavy atom. The number of piperidine rings is 1. The summed E-state index contributed by atoms with van der Waals surface area (Å²) < 4.78 is 0. The molecule has 0 spiro atoms. The molecule has 0 aromatic rings. The van der Waals surface area contributed by atoms with Gasteiger partial charge in [-0.2, -0.15) is 0 Å². The van der Waals surface area contributed by atoms with Gasteiger partial charge in [-0.3, -0.25) is 4.79 Å². The highest BCUT2D eigenvalue weighted by Gasteiger charge is 2.65. The number of rotatable bonds is 2. The van der Waals surface area contributed by atoms with Gasteiger partial charge in [-0.1, -0.05) is 13.8 Å². The molecule has 2 fully saturated rings. The summed E-state index contributed by atoms with van der Waals surface area (Å²) >= 11 is 0. The minimum absolute atomic E-state index is 0.0546. The van der Waals surface area contributed by atoms with E-state index >= 15 is 0 Å². The SMILES string of the molecule is CC1(C)CC(C(=O)O)(C2(O)CCNCC2)C1. The molecule has 16 heavy (non-hydrogen) atoms. The quantitative estimate of drug-likeness (QED) is 0.658. The zero-order valence-electron chi connectivity index (χ0n) is 10.0. The second-order valence-corrected chi connectivity index (χ2v) is 6.19. The van der Waals surface area contributed by atoms with Crippen LogP contribution in [0.1, 0.15) is 39.5 Å². The van der Waals surface area contributed by atoms with Crippen molar-refractivity contribution in [2.45, 2.75) is 45.1 Å². The van der Waals surface area contributed by atoms with Crippen LogP contribution in [0.15, 0.2) is 0 Å². The van der Waals surface area contributed by atoms with Gasteiger partial charge in [-0.15, -0.1) is 0 Å². The zero-order valence-corrected chi connectivity index (χ0v) is 10.0. The van der Waals surface area contributed by atoms with E-state index < -0.39 is 17.0 Å². The van der Waals surface area contributed by atoms with Gasteiger partial charge in [0, 0.05) is 0 Å². The second-order valence-electron chi connectivity index (χ2n) is 6.19. The van der Waals surface area contributed by atoms with E-state index in [0.717, 1.165) is 0 Å². The molecular formula is C12H21NO3. The zero-order chi connectivity index (χ0) is 12.0. The number of hydrogen-bond donors (Lipinski definition) is 3. The van der Waals surface area contributed by atoms with Crippen molar-refractivity contribution >= 4 is 5.97 Å². The molecule has 3 N–H and O–H groups in total. The van der Waals surface area contributed by atoms with Crippen molar-refractivity contribution in [2.75, 3.05) is 13.1 Å². The highest BCUT2D eigenvalue weighted by Crippen LogP contribution is 2.61. The van der Waals surface area contributed by atoms with Crippen LogP contribution in [0.4, 0.5) is 0 Å². The van der Waals surface area contributed by atoms with Gasteiger partial charge in [-0.25, -0.2) is 0 Å². The summed E-state index contributed by atoms with van der Waals surface area (Å²) in [4.78, 5) is 11.5. The third kappa shape index (κ3) is 1.55. The van der Waals surface area contributed by atoms with Crippen LogP contribution >= 0.6 is 0 Å². The Morgan fingerprint density at radius 2 is 1.69 bits per heavy atom. The van der Waals surface area contributed by atoms with E-state index in [1.165, 1.54) is 0 Å². The summed E-state index contributed by atoms with van der Waals surface area (Å²) in [6, 6.07) is 0. The molecule has 1 aliphatic heterocycles. The van der Waals surface area contributed by atoms with Gasteiger partial charge in [-0.05, 0) is 44.2 Å². The lowest BCUT2D eigenvalue weighted by Gasteiger charge is -2.59. The molecule has 0 atom stereocenters. The first kappa shape index (κ1) is 11.9. The monoisotopic (exact) mass is 227 g/mol. The van der Waals surface area contributed by atoms with Crippen LogP contribution in [-0.2, 0) is 4.79 Å². The fraction of sp³-hybridized carbons (Fsp3) is 0.917. The maximum Gasteiger partial charge on any atom is 0.312 e. The normalized spacial score (nSPS) is 30.4. The second kappa shape index (κ2) is 3.44. The summed E-state index contributed by atoms with van der Waals surface area (Å²) in [5, 5.41) is 23.2. The maximum absolute atomic E-state index is 11.5. The molecule has 2 aliphatic rings.